The van der Waals surface area contributed by atoms with E-state index in [0.717, 1.165) is 0 Å². The van der Waals surface area contributed by atoms with Gasteiger partial charge in [0.05, 0.1) is 19.3 Å². The Bertz CT molecular complexity index is 696. The van der Waals surface area contributed by atoms with Gasteiger partial charge in [0, 0.05) is 7.05 Å². The molecule has 2 aromatic rings. The van der Waals surface area contributed by atoms with Crippen LogP contribution in [0.2, 0.25) is 0 Å². The van der Waals surface area contributed by atoms with E-state index in [1.54, 1.807) is 7.05 Å². The van der Waals surface area contributed by atoms with E-state index in [4.69, 9.17) is 15.3 Å². The summed E-state index contributed by atoms with van der Waals surface area (Å²) in [4.78, 5) is 8.26. The van der Waals surface area contributed by atoms with E-state index in [1.807, 2.05) is 0 Å². The molecular formula is C11H15N5O4. The Balaban J connectivity index is 2.08. The Kier molecular flexibility index (Phi) is 3.05. The molecule has 0 bridgehead atoms. The summed E-state index contributed by atoms with van der Waals surface area (Å²) in [6.07, 6.45) is -1.28. The molecule has 4 atom stereocenters. The van der Waals surface area contributed by atoms with Crippen LogP contribution in [0.1, 0.15) is 6.23 Å². The van der Waals surface area contributed by atoms with Crippen molar-refractivity contribution in [3.8, 4) is 0 Å². The monoisotopic (exact) mass is 281 g/mol. The predicted octanol–water partition coefficient (Wildman–Crippen LogP) is -2.14. The second kappa shape index (κ2) is 4.63. The number of nitrogens with one attached hydrogen (secondary N) is 1. The topological polar surface area (TPSA) is 129 Å². The lowest BCUT2D eigenvalue weighted by Crippen LogP contribution is -2.33. The van der Waals surface area contributed by atoms with Crippen molar-refractivity contribution in [3.05, 3.63) is 18.1 Å². The summed E-state index contributed by atoms with van der Waals surface area (Å²) >= 11 is 0. The van der Waals surface area contributed by atoms with Crippen LogP contribution in [-0.2, 0) is 11.8 Å². The molecule has 0 amide bonds. The molecule has 2 aromatic heterocycles. The summed E-state index contributed by atoms with van der Waals surface area (Å²) in [7, 11) is 1.68. The summed E-state index contributed by atoms with van der Waals surface area (Å²) in [6.45, 7) is -0.395. The molecule has 1 saturated heterocycles. The number of aryl methyl sites for hydroxylation is 1. The molecule has 3 rings (SSSR count). The zero-order valence-electron chi connectivity index (χ0n) is 10.7. The Labute approximate surface area is 113 Å². The van der Waals surface area contributed by atoms with Gasteiger partial charge in [0.1, 0.15) is 23.8 Å². The first-order valence-corrected chi connectivity index (χ1v) is 6.09. The fourth-order valence-corrected chi connectivity index (χ4v) is 2.31. The first-order valence-electron chi connectivity index (χ1n) is 6.09. The van der Waals surface area contributed by atoms with Crippen LogP contribution in [-0.4, -0.2) is 59.3 Å². The first-order chi connectivity index (χ1) is 9.54. The van der Waals surface area contributed by atoms with Crippen molar-refractivity contribution in [1.82, 2.24) is 19.1 Å². The molecule has 9 heteroatoms. The molecule has 1 aliphatic heterocycles. The van der Waals surface area contributed by atoms with Crippen LogP contribution in [0.4, 0.5) is 0 Å². The number of hydrogen-bond acceptors (Lipinski definition) is 7. The number of rotatable bonds is 2. The van der Waals surface area contributed by atoms with Crippen LogP contribution in [0.25, 0.3) is 11.2 Å². The quantitative estimate of drug-likeness (QED) is 0.497. The molecule has 3 heterocycles. The van der Waals surface area contributed by atoms with Crippen molar-refractivity contribution in [2.75, 3.05) is 6.61 Å². The highest BCUT2D eigenvalue weighted by Gasteiger charge is 2.43. The van der Waals surface area contributed by atoms with E-state index >= 15 is 0 Å². The average molecular weight is 281 g/mol. The van der Waals surface area contributed by atoms with Crippen LogP contribution in [0.15, 0.2) is 12.7 Å². The van der Waals surface area contributed by atoms with Gasteiger partial charge in [-0.15, -0.1) is 0 Å². The number of nitrogens with zero attached hydrogens (tertiary/aromatic N) is 4. The molecule has 1 unspecified atom stereocenters. The van der Waals surface area contributed by atoms with Crippen LogP contribution >= 0.6 is 0 Å². The SMILES string of the molecule is Cn1cnc2c(ncn2[C@@H]2O[C@H](CO)[C@H](O)C2O)c1=N. The summed E-state index contributed by atoms with van der Waals surface area (Å²) in [5, 5.41) is 36.8. The molecule has 1 aliphatic rings. The summed E-state index contributed by atoms with van der Waals surface area (Å²) < 4.78 is 8.39. The summed E-state index contributed by atoms with van der Waals surface area (Å²) in [5.74, 6) is 0. The minimum absolute atomic E-state index is 0.181. The smallest absolute Gasteiger partial charge is 0.167 e. The van der Waals surface area contributed by atoms with Crippen molar-refractivity contribution >= 4 is 11.2 Å². The first kappa shape index (κ1) is 13.2. The van der Waals surface area contributed by atoms with Gasteiger partial charge in [-0.1, -0.05) is 0 Å². The lowest BCUT2D eigenvalue weighted by molar-refractivity contribution is -0.0511. The van der Waals surface area contributed by atoms with E-state index in [0.29, 0.717) is 11.2 Å². The van der Waals surface area contributed by atoms with Gasteiger partial charge in [0.25, 0.3) is 0 Å². The minimum Gasteiger partial charge on any atom is -0.394 e. The number of imidazole rings is 1. The second-order valence-corrected chi connectivity index (χ2v) is 4.76. The zero-order valence-corrected chi connectivity index (χ0v) is 10.7. The van der Waals surface area contributed by atoms with Crippen molar-refractivity contribution in [2.24, 2.45) is 7.05 Å². The number of aliphatic hydroxyl groups is 3. The van der Waals surface area contributed by atoms with Crippen molar-refractivity contribution in [2.45, 2.75) is 24.5 Å². The van der Waals surface area contributed by atoms with Crippen LogP contribution in [0, 0.1) is 5.41 Å². The third-order valence-electron chi connectivity index (χ3n) is 3.49. The molecule has 108 valence electrons. The van der Waals surface area contributed by atoms with Gasteiger partial charge in [-0.25, -0.2) is 9.97 Å². The van der Waals surface area contributed by atoms with Crippen LogP contribution in [0.5, 0.6) is 0 Å². The van der Waals surface area contributed by atoms with Gasteiger partial charge in [-0.05, 0) is 0 Å². The fourth-order valence-electron chi connectivity index (χ4n) is 2.31. The van der Waals surface area contributed by atoms with E-state index in [1.165, 1.54) is 21.8 Å². The Morgan fingerprint density at radius 3 is 2.70 bits per heavy atom. The van der Waals surface area contributed by atoms with Gasteiger partial charge in [-0.3, -0.25) is 9.98 Å². The van der Waals surface area contributed by atoms with Crippen molar-refractivity contribution < 1.29 is 20.1 Å². The van der Waals surface area contributed by atoms with E-state index in [2.05, 4.69) is 9.97 Å². The molecule has 0 saturated carbocycles. The van der Waals surface area contributed by atoms with E-state index in [9.17, 15) is 10.2 Å². The Hall–Kier alpha value is -1.81. The number of aromatic nitrogens is 4. The molecule has 0 radical (unpaired) electrons. The minimum atomic E-state index is -1.20. The summed E-state index contributed by atoms with van der Waals surface area (Å²) in [5.41, 5.74) is 0.927. The number of hydrogen-bond donors (Lipinski definition) is 4. The predicted molar refractivity (Wildman–Crippen MR) is 65.4 cm³/mol. The fraction of sp³-hybridized carbons (Fsp3) is 0.545. The van der Waals surface area contributed by atoms with Crippen molar-refractivity contribution in [1.29, 1.82) is 5.41 Å². The largest absolute Gasteiger partial charge is 0.394 e. The number of ether oxygens (including phenoxy) is 1. The van der Waals surface area contributed by atoms with Gasteiger partial charge >= 0.3 is 0 Å². The zero-order chi connectivity index (χ0) is 14.4. The lowest BCUT2D eigenvalue weighted by Gasteiger charge is -2.16. The highest BCUT2D eigenvalue weighted by Crippen LogP contribution is 2.30. The highest BCUT2D eigenvalue weighted by molar-refractivity contribution is 5.68. The Morgan fingerprint density at radius 2 is 2.05 bits per heavy atom. The van der Waals surface area contributed by atoms with Gasteiger partial charge in [0.15, 0.2) is 17.4 Å². The highest BCUT2D eigenvalue weighted by atomic mass is 16.6. The molecule has 4 N–H and O–H groups in total. The van der Waals surface area contributed by atoms with Crippen LogP contribution in [0.3, 0.4) is 0 Å². The maximum atomic E-state index is 10.00. The normalized spacial score (nSPS) is 30.2. The second-order valence-electron chi connectivity index (χ2n) is 4.76. The third-order valence-corrected chi connectivity index (χ3v) is 3.49. The molecule has 20 heavy (non-hydrogen) atoms. The number of aliphatic hydroxyl groups excluding tert-OH is 3. The van der Waals surface area contributed by atoms with Gasteiger partial charge < -0.3 is 24.6 Å². The molecule has 9 nitrogen and oxygen atoms in total. The molecule has 0 spiro atoms. The van der Waals surface area contributed by atoms with E-state index < -0.39 is 31.1 Å². The molecule has 0 aliphatic carbocycles. The van der Waals surface area contributed by atoms with Crippen LogP contribution < -0.4 is 5.49 Å². The maximum Gasteiger partial charge on any atom is 0.167 e. The van der Waals surface area contributed by atoms with Crippen molar-refractivity contribution in [3.63, 3.8) is 0 Å². The standard InChI is InChI=1S/C11H15N5O4/c1-15-3-14-10-6(9(15)12)13-4-16(10)11-8(19)7(18)5(2-17)20-11/h3-5,7-8,11-12,17-19H,2H2,1H3/t5-,7+,8?,11-/m1/s1. The Morgan fingerprint density at radius 1 is 1.30 bits per heavy atom. The van der Waals surface area contributed by atoms with E-state index in [-0.39, 0.29) is 5.49 Å². The average Bonchev–Trinajstić information content (AvgIpc) is 2.98. The van der Waals surface area contributed by atoms with Gasteiger partial charge in [-0.2, -0.15) is 0 Å². The molecule has 1 fully saturated rings. The maximum absolute atomic E-state index is 10.00. The number of fused-ring (bicyclic) bond motifs is 1. The molecule has 0 aromatic carbocycles. The lowest BCUT2D eigenvalue weighted by atomic mass is 10.1. The molecular weight excluding hydrogens is 266 g/mol. The third kappa shape index (κ3) is 1.75. The van der Waals surface area contributed by atoms with Gasteiger partial charge in [0.2, 0.25) is 0 Å². The summed E-state index contributed by atoms with van der Waals surface area (Å²) in [6, 6.07) is 0.